The van der Waals surface area contributed by atoms with Gasteiger partial charge in [0.1, 0.15) is 5.60 Å². The fourth-order valence-corrected chi connectivity index (χ4v) is 3.94. The lowest BCUT2D eigenvalue weighted by Crippen LogP contribution is -2.31. The Balaban J connectivity index is 1.93. The fourth-order valence-electron chi connectivity index (χ4n) is 3.66. The van der Waals surface area contributed by atoms with Gasteiger partial charge in [0.25, 0.3) is 5.56 Å². The SMILES string of the molecule is CCn1nc2c(=O)n(C3CC3)ncc2c1C(O)(CC)c1cnc(C(F)(F)F)c(Cl)c1. The highest BCUT2D eigenvalue weighted by Gasteiger charge is 2.40. The molecule has 3 heterocycles. The molecule has 3 aromatic rings. The molecule has 1 aliphatic rings. The third kappa shape index (κ3) is 3.18. The van der Waals surface area contributed by atoms with Gasteiger partial charge in [0, 0.05) is 18.3 Å². The predicted octanol–water partition coefficient (Wildman–Crippen LogP) is 3.66. The fraction of sp³-hybridized carbons (Fsp3) is 0.474. The van der Waals surface area contributed by atoms with Gasteiger partial charge in [0.05, 0.1) is 28.3 Å². The molecule has 3 aromatic heterocycles. The molecule has 160 valence electrons. The first-order valence-corrected chi connectivity index (χ1v) is 9.94. The molecule has 0 aliphatic heterocycles. The van der Waals surface area contributed by atoms with Crippen molar-refractivity contribution in [2.75, 3.05) is 0 Å². The van der Waals surface area contributed by atoms with Crippen molar-refractivity contribution in [1.29, 1.82) is 0 Å². The lowest BCUT2D eigenvalue weighted by atomic mass is 9.87. The van der Waals surface area contributed by atoms with E-state index in [1.54, 1.807) is 13.8 Å². The van der Waals surface area contributed by atoms with Crippen LogP contribution in [0.1, 0.15) is 56.1 Å². The molecule has 1 saturated carbocycles. The van der Waals surface area contributed by atoms with Gasteiger partial charge in [-0.25, -0.2) is 9.67 Å². The average molecular weight is 442 g/mol. The number of halogens is 4. The molecule has 1 aliphatic carbocycles. The molecule has 0 aromatic carbocycles. The van der Waals surface area contributed by atoms with Crippen molar-refractivity contribution < 1.29 is 18.3 Å². The molecule has 0 saturated heterocycles. The molecule has 0 amide bonds. The van der Waals surface area contributed by atoms with E-state index < -0.39 is 22.5 Å². The first-order valence-electron chi connectivity index (χ1n) is 9.56. The van der Waals surface area contributed by atoms with E-state index >= 15 is 0 Å². The molecular weight excluding hydrogens is 423 g/mol. The van der Waals surface area contributed by atoms with Crippen LogP contribution in [0, 0.1) is 0 Å². The summed E-state index contributed by atoms with van der Waals surface area (Å²) in [5, 5.41) is 19.9. The Hall–Kier alpha value is -2.46. The monoisotopic (exact) mass is 441 g/mol. The number of aliphatic hydroxyl groups is 1. The third-order valence-electron chi connectivity index (χ3n) is 5.39. The summed E-state index contributed by atoms with van der Waals surface area (Å²) in [6.07, 6.45) is -0.458. The molecule has 1 N–H and O–H groups in total. The highest BCUT2D eigenvalue weighted by Crippen LogP contribution is 2.40. The van der Waals surface area contributed by atoms with Gasteiger partial charge in [-0.15, -0.1) is 0 Å². The summed E-state index contributed by atoms with van der Waals surface area (Å²) in [5.74, 6) is 0. The standard InChI is InChI=1S/C19H19ClF3N5O2/c1-3-18(30,10-7-13(20)15(24-8-10)19(21,22)23)16-12-9-25-28(11-5-6-11)17(29)14(12)26-27(16)4-2/h7-9,11,30H,3-6H2,1-2H3. The lowest BCUT2D eigenvalue weighted by molar-refractivity contribution is -0.141. The Kier molecular flexibility index (Phi) is 4.89. The van der Waals surface area contributed by atoms with Crippen LogP contribution in [0.4, 0.5) is 13.2 Å². The summed E-state index contributed by atoms with van der Waals surface area (Å²) in [6, 6.07) is 1.11. The Morgan fingerprint density at radius 2 is 1.97 bits per heavy atom. The van der Waals surface area contributed by atoms with E-state index in [-0.39, 0.29) is 34.8 Å². The van der Waals surface area contributed by atoms with Crippen molar-refractivity contribution in [3.05, 3.63) is 50.8 Å². The van der Waals surface area contributed by atoms with Gasteiger partial charge in [0.2, 0.25) is 0 Å². The number of aromatic nitrogens is 5. The van der Waals surface area contributed by atoms with Crippen LogP contribution >= 0.6 is 11.6 Å². The van der Waals surface area contributed by atoms with Gasteiger partial charge >= 0.3 is 6.18 Å². The quantitative estimate of drug-likeness (QED) is 0.653. The van der Waals surface area contributed by atoms with E-state index in [2.05, 4.69) is 15.2 Å². The van der Waals surface area contributed by atoms with Crippen LogP contribution in [0.15, 0.2) is 23.3 Å². The van der Waals surface area contributed by atoms with E-state index in [1.807, 2.05) is 0 Å². The van der Waals surface area contributed by atoms with Crippen molar-refractivity contribution in [3.8, 4) is 0 Å². The first kappa shape index (κ1) is 20.8. The second kappa shape index (κ2) is 7.05. The predicted molar refractivity (Wildman–Crippen MR) is 103 cm³/mol. The summed E-state index contributed by atoms with van der Waals surface area (Å²) in [6.45, 7) is 3.79. The van der Waals surface area contributed by atoms with Gasteiger partial charge in [0.15, 0.2) is 11.2 Å². The molecule has 7 nitrogen and oxygen atoms in total. The molecule has 0 radical (unpaired) electrons. The first-order chi connectivity index (χ1) is 14.1. The largest absolute Gasteiger partial charge is 0.434 e. The Morgan fingerprint density at radius 3 is 2.50 bits per heavy atom. The summed E-state index contributed by atoms with van der Waals surface area (Å²) in [7, 11) is 0. The number of aryl methyl sites for hydroxylation is 1. The summed E-state index contributed by atoms with van der Waals surface area (Å²) < 4.78 is 42.0. The van der Waals surface area contributed by atoms with E-state index in [0.717, 1.165) is 25.1 Å². The maximum Gasteiger partial charge on any atom is 0.434 e. The normalized spacial score (nSPS) is 16.8. The highest BCUT2D eigenvalue weighted by molar-refractivity contribution is 6.31. The minimum Gasteiger partial charge on any atom is -0.379 e. The number of fused-ring (bicyclic) bond motifs is 1. The topological polar surface area (TPSA) is 85.8 Å². The average Bonchev–Trinajstić information content (AvgIpc) is 3.46. The molecule has 4 rings (SSSR count). The summed E-state index contributed by atoms with van der Waals surface area (Å²) in [5.41, 5.74) is -2.85. The number of rotatable bonds is 5. The zero-order valence-electron chi connectivity index (χ0n) is 16.2. The minimum atomic E-state index is -4.71. The van der Waals surface area contributed by atoms with Gasteiger partial charge in [-0.05, 0) is 32.3 Å². The maximum atomic E-state index is 13.0. The zero-order chi connectivity index (χ0) is 21.8. The smallest absolute Gasteiger partial charge is 0.379 e. The van der Waals surface area contributed by atoms with Gasteiger partial charge in [-0.3, -0.25) is 9.48 Å². The maximum absolute atomic E-state index is 13.0. The molecule has 0 bridgehead atoms. The second-order valence-corrected chi connectivity index (χ2v) is 7.73. The van der Waals surface area contributed by atoms with E-state index in [1.165, 1.54) is 15.6 Å². The lowest BCUT2D eigenvalue weighted by Gasteiger charge is -2.28. The van der Waals surface area contributed by atoms with Gasteiger partial charge < -0.3 is 5.11 Å². The van der Waals surface area contributed by atoms with E-state index in [9.17, 15) is 23.1 Å². The van der Waals surface area contributed by atoms with Gasteiger partial charge in [-0.2, -0.15) is 23.4 Å². The van der Waals surface area contributed by atoms with Crippen molar-refractivity contribution in [1.82, 2.24) is 24.5 Å². The van der Waals surface area contributed by atoms with Crippen molar-refractivity contribution in [3.63, 3.8) is 0 Å². The highest BCUT2D eigenvalue weighted by atomic mass is 35.5. The van der Waals surface area contributed by atoms with Crippen LogP contribution in [0.2, 0.25) is 5.02 Å². The van der Waals surface area contributed by atoms with Crippen LogP contribution < -0.4 is 5.56 Å². The number of nitrogens with zero attached hydrogens (tertiary/aromatic N) is 5. The van der Waals surface area contributed by atoms with E-state index in [4.69, 9.17) is 11.6 Å². The summed E-state index contributed by atoms with van der Waals surface area (Å²) in [4.78, 5) is 16.3. The van der Waals surface area contributed by atoms with Crippen LogP contribution in [0.25, 0.3) is 10.9 Å². The van der Waals surface area contributed by atoms with Gasteiger partial charge in [-0.1, -0.05) is 18.5 Å². The number of hydrogen-bond donors (Lipinski definition) is 1. The number of alkyl halides is 3. The molecule has 1 atom stereocenters. The van der Waals surface area contributed by atoms with Crippen LogP contribution in [-0.4, -0.2) is 29.7 Å². The minimum absolute atomic E-state index is 0.0557. The molecular formula is C19H19ClF3N5O2. The van der Waals surface area contributed by atoms with Crippen LogP contribution in [-0.2, 0) is 18.3 Å². The van der Waals surface area contributed by atoms with Crippen molar-refractivity contribution in [2.24, 2.45) is 0 Å². The molecule has 1 fully saturated rings. The van der Waals surface area contributed by atoms with Crippen LogP contribution in [0.5, 0.6) is 0 Å². The molecule has 11 heteroatoms. The zero-order valence-corrected chi connectivity index (χ0v) is 17.0. The van der Waals surface area contributed by atoms with Crippen LogP contribution in [0.3, 0.4) is 0 Å². The third-order valence-corrected chi connectivity index (χ3v) is 5.68. The molecule has 1 unspecified atom stereocenters. The van der Waals surface area contributed by atoms with Crippen molar-refractivity contribution in [2.45, 2.75) is 57.5 Å². The Bertz CT molecular complexity index is 1190. The molecule has 0 spiro atoms. The second-order valence-electron chi connectivity index (χ2n) is 7.32. The van der Waals surface area contributed by atoms with E-state index in [0.29, 0.717) is 11.9 Å². The Labute approximate surface area is 174 Å². The Morgan fingerprint density at radius 1 is 1.27 bits per heavy atom. The van der Waals surface area contributed by atoms with Crippen molar-refractivity contribution >= 4 is 22.5 Å². The number of hydrogen-bond acceptors (Lipinski definition) is 5. The molecule has 30 heavy (non-hydrogen) atoms. The number of pyridine rings is 1. The summed E-state index contributed by atoms with van der Waals surface area (Å²) >= 11 is 5.84.